The van der Waals surface area contributed by atoms with Crippen LogP contribution in [0.3, 0.4) is 0 Å². The lowest BCUT2D eigenvalue weighted by atomic mass is 10.1. The van der Waals surface area contributed by atoms with Gasteiger partial charge in [-0.3, -0.25) is 4.79 Å². The molecule has 138 valence electrons. The molecule has 0 bridgehead atoms. The summed E-state index contributed by atoms with van der Waals surface area (Å²) in [5.74, 6) is 0.920. The molecule has 1 amide bonds. The summed E-state index contributed by atoms with van der Waals surface area (Å²) < 4.78 is 10.8. The molecule has 0 aliphatic carbocycles. The van der Waals surface area contributed by atoms with E-state index in [4.69, 9.17) is 9.26 Å². The van der Waals surface area contributed by atoms with Crippen LogP contribution in [-0.2, 0) is 4.74 Å². The second-order valence-electron chi connectivity index (χ2n) is 6.32. The average Bonchev–Trinajstić information content (AvgIpc) is 3.24. The standard InChI is InChI=1S/C20H20N4O3/c1-24(16-5-3-2-4-6-16)20(25)15-9-7-14(8-10-15)19-22-18(23-27-19)17-13-26-12-11-21-17/h2-10,17,21H,11-13H2,1H3. The molecule has 1 N–H and O–H groups in total. The minimum atomic E-state index is -0.0810. The number of hydrogen-bond donors (Lipinski definition) is 1. The first kappa shape index (κ1) is 17.4. The molecule has 0 radical (unpaired) electrons. The third-order valence-electron chi connectivity index (χ3n) is 4.50. The van der Waals surface area contributed by atoms with Crippen molar-refractivity contribution in [2.24, 2.45) is 0 Å². The van der Waals surface area contributed by atoms with Crippen LogP contribution in [0.5, 0.6) is 0 Å². The number of morpholine rings is 1. The Bertz CT molecular complexity index is 902. The Kier molecular flexibility index (Phi) is 4.95. The second kappa shape index (κ2) is 7.69. The van der Waals surface area contributed by atoms with Gasteiger partial charge in [0.05, 0.1) is 19.3 Å². The summed E-state index contributed by atoms with van der Waals surface area (Å²) in [7, 11) is 1.76. The highest BCUT2D eigenvalue weighted by atomic mass is 16.5. The number of hydrogen-bond acceptors (Lipinski definition) is 6. The predicted octanol–water partition coefficient (Wildman–Crippen LogP) is 2.67. The van der Waals surface area contributed by atoms with Crippen LogP contribution in [0, 0.1) is 0 Å². The topological polar surface area (TPSA) is 80.5 Å². The molecule has 4 rings (SSSR count). The first-order valence-electron chi connectivity index (χ1n) is 8.80. The normalized spacial score (nSPS) is 16.9. The number of nitrogens with zero attached hydrogens (tertiary/aromatic N) is 3. The van der Waals surface area contributed by atoms with Crippen LogP contribution >= 0.6 is 0 Å². The molecule has 1 fully saturated rings. The molecule has 1 aliphatic heterocycles. The smallest absolute Gasteiger partial charge is 0.258 e. The molecule has 1 aliphatic rings. The number of rotatable bonds is 4. The number of amides is 1. The van der Waals surface area contributed by atoms with Crippen molar-refractivity contribution < 1.29 is 14.1 Å². The minimum absolute atomic E-state index is 0.0587. The van der Waals surface area contributed by atoms with E-state index < -0.39 is 0 Å². The predicted molar refractivity (Wildman–Crippen MR) is 100 cm³/mol. The highest BCUT2D eigenvalue weighted by Crippen LogP contribution is 2.22. The van der Waals surface area contributed by atoms with Gasteiger partial charge in [0.1, 0.15) is 0 Å². The number of nitrogens with one attached hydrogen (secondary N) is 1. The van der Waals surface area contributed by atoms with Crippen molar-refractivity contribution in [1.29, 1.82) is 0 Å². The summed E-state index contributed by atoms with van der Waals surface area (Å²) in [6, 6.07) is 16.6. The van der Waals surface area contributed by atoms with Gasteiger partial charge in [-0.2, -0.15) is 4.98 Å². The van der Waals surface area contributed by atoms with Gasteiger partial charge in [0, 0.05) is 30.4 Å². The van der Waals surface area contributed by atoms with Crippen LogP contribution in [0.4, 0.5) is 5.69 Å². The number of aromatic nitrogens is 2. The first-order chi connectivity index (χ1) is 13.2. The van der Waals surface area contributed by atoms with Crippen molar-refractivity contribution in [2.75, 3.05) is 31.7 Å². The third-order valence-corrected chi connectivity index (χ3v) is 4.50. The maximum Gasteiger partial charge on any atom is 0.258 e. The summed E-state index contributed by atoms with van der Waals surface area (Å²) in [6.07, 6.45) is 0. The van der Waals surface area contributed by atoms with Gasteiger partial charge in [-0.05, 0) is 36.4 Å². The Morgan fingerprint density at radius 3 is 2.63 bits per heavy atom. The molecule has 27 heavy (non-hydrogen) atoms. The van der Waals surface area contributed by atoms with E-state index in [0.29, 0.717) is 30.5 Å². The molecule has 7 nitrogen and oxygen atoms in total. The van der Waals surface area contributed by atoms with Gasteiger partial charge < -0.3 is 19.5 Å². The minimum Gasteiger partial charge on any atom is -0.378 e. The summed E-state index contributed by atoms with van der Waals surface area (Å²) >= 11 is 0. The number of anilines is 1. The monoisotopic (exact) mass is 364 g/mol. The van der Waals surface area contributed by atoms with E-state index in [0.717, 1.165) is 17.8 Å². The fourth-order valence-corrected chi connectivity index (χ4v) is 2.94. The van der Waals surface area contributed by atoms with Crippen molar-refractivity contribution >= 4 is 11.6 Å². The van der Waals surface area contributed by atoms with Crippen LogP contribution < -0.4 is 10.2 Å². The number of ether oxygens (including phenoxy) is 1. The van der Waals surface area contributed by atoms with E-state index in [2.05, 4.69) is 15.5 Å². The molecule has 3 aromatic rings. The van der Waals surface area contributed by atoms with E-state index in [1.165, 1.54) is 0 Å². The van der Waals surface area contributed by atoms with E-state index in [-0.39, 0.29) is 11.9 Å². The summed E-state index contributed by atoms with van der Waals surface area (Å²) in [5.41, 5.74) is 2.20. The summed E-state index contributed by atoms with van der Waals surface area (Å²) in [4.78, 5) is 18.7. The van der Waals surface area contributed by atoms with Crippen molar-refractivity contribution in [2.45, 2.75) is 6.04 Å². The van der Waals surface area contributed by atoms with Gasteiger partial charge >= 0.3 is 0 Å². The zero-order chi connectivity index (χ0) is 18.6. The highest BCUT2D eigenvalue weighted by Gasteiger charge is 2.21. The fourth-order valence-electron chi connectivity index (χ4n) is 2.94. The van der Waals surface area contributed by atoms with Gasteiger partial charge in [-0.25, -0.2) is 0 Å². The zero-order valence-electron chi connectivity index (χ0n) is 15.0. The van der Waals surface area contributed by atoms with Crippen LogP contribution in [0.25, 0.3) is 11.5 Å². The molecule has 0 saturated carbocycles. The average molecular weight is 364 g/mol. The number of carbonyl (C=O) groups excluding carboxylic acids is 1. The molecule has 2 heterocycles. The van der Waals surface area contributed by atoms with E-state index in [1.54, 1.807) is 24.1 Å². The molecule has 1 atom stereocenters. The summed E-state index contributed by atoms with van der Waals surface area (Å²) in [5, 5.41) is 7.33. The van der Waals surface area contributed by atoms with Crippen LogP contribution in [0.1, 0.15) is 22.2 Å². The van der Waals surface area contributed by atoms with E-state index in [9.17, 15) is 4.79 Å². The quantitative estimate of drug-likeness (QED) is 0.767. The fraction of sp³-hybridized carbons (Fsp3) is 0.250. The van der Waals surface area contributed by atoms with Crippen molar-refractivity contribution in [3.63, 3.8) is 0 Å². The maximum absolute atomic E-state index is 12.7. The molecular weight excluding hydrogens is 344 g/mol. The van der Waals surface area contributed by atoms with E-state index >= 15 is 0 Å². The lowest BCUT2D eigenvalue weighted by Crippen LogP contribution is -2.35. The van der Waals surface area contributed by atoms with Gasteiger partial charge in [0.2, 0.25) is 0 Å². The molecule has 1 saturated heterocycles. The SMILES string of the molecule is CN(C(=O)c1ccc(-c2nc(C3COCCN3)no2)cc1)c1ccccc1. The van der Waals surface area contributed by atoms with Gasteiger partial charge in [-0.1, -0.05) is 23.4 Å². The molecule has 7 heteroatoms. The molecule has 0 spiro atoms. The second-order valence-corrected chi connectivity index (χ2v) is 6.32. The maximum atomic E-state index is 12.7. The number of carbonyl (C=O) groups is 1. The van der Waals surface area contributed by atoms with Crippen molar-refractivity contribution in [1.82, 2.24) is 15.5 Å². The Morgan fingerprint density at radius 2 is 1.93 bits per heavy atom. The first-order valence-corrected chi connectivity index (χ1v) is 8.80. The van der Waals surface area contributed by atoms with Gasteiger partial charge in [-0.15, -0.1) is 0 Å². The largest absolute Gasteiger partial charge is 0.378 e. The molecule has 2 aromatic carbocycles. The Labute approximate surface area is 156 Å². The number of para-hydroxylation sites is 1. The van der Waals surface area contributed by atoms with Crippen LogP contribution in [0.2, 0.25) is 0 Å². The highest BCUT2D eigenvalue weighted by molar-refractivity contribution is 6.05. The van der Waals surface area contributed by atoms with Gasteiger partial charge in [0.25, 0.3) is 11.8 Å². The van der Waals surface area contributed by atoms with Crippen molar-refractivity contribution in [3.8, 4) is 11.5 Å². The Morgan fingerprint density at radius 1 is 1.15 bits per heavy atom. The molecule has 1 aromatic heterocycles. The third kappa shape index (κ3) is 3.74. The summed E-state index contributed by atoms with van der Waals surface area (Å²) in [6.45, 7) is 1.98. The zero-order valence-corrected chi connectivity index (χ0v) is 15.0. The lowest BCUT2D eigenvalue weighted by molar-refractivity contribution is 0.0734. The van der Waals surface area contributed by atoms with Gasteiger partial charge in [0.15, 0.2) is 5.82 Å². The van der Waals surface area contributed by atoms with E-state index in [1.807, 2.05) is 42.5 Å². The number of benzene rings is 2. The Hall–Kier alpha value is -3.03. The lowest BCUT2D eigenvalue weighted by Gasteiger charge is -2.20. The molecule has 1 unspecified atom stereocenters. The van der Waals surface area contributed by atoms with Crippen molar-refractivity contribution in [3.05, 3.63) is 66.0 Å². The van der Waals surface area contributed by atoms with Crippen LogP contribution in [0.15, 0.2) is 59.1 Å². The Balaban J connectivity index is 1.49. The molecular formula is C20H20N4O3. The van der Waals surface area contributed by atoms with Crippen LogP contribution in [-0.4, -0.2) is 42.9 Å².